The van der Waals surface area contributed by atoms with Crippen LogP contribution in [0.2, 0.25) is 0 Å². The van der Waals surface area contributed by atoms with Crippen molar-refractivity contribution in [3.63, 3.8) is 0 Å². The minimum atomic E-state index is -2.80. The zero-order valence-electron chi connectivity index (χ0n) is 12.2. The lowest BCUT2D eigenvalue weighted by atomic mass is 9.93. The summed E-state index contributed by atoms with van der Waals surface area (Å²) in [6.45, 7) is 5.86. The van der Waals surface area contributed by atoms with Gasteiger partial charge in [0.15, 0.2) is 5.78 Å². The van der Waals surface area contributed by atoms with Crippen LogP contribution < -0.4 is 0 Å². The number of amides is 1. The van der Waals surface area contributed by atoms with Crippen LogP contribution in [0.25, 0.3) is 0 Å². The Balaban J connectivity index is 2.82. The largest absolute Gasteiger partial charge is 0.463 e. The molecule has 1 heterocycles. The van der Waals surface area contributed by atoms with Crippen molar-refractivity contribution in [3.05, 3.63) is 0 Å². The summed E-state index contributed by atoms with van der Waals surface area (Å²) >= 11 is 0. The fourth-order valence-electron chi connectivity index (χ4n) is 1.77. The number of alkyl halides is 1. The molecule has 20 heavy (non-hydrogen) atoms. The molecule has 0 aliphatic carbocycles. The van der Waals surface area contributed by atoms with E-state index in [9.17, 15) is 18.8 Å². The Morgan fingerprint density at radius 3 is 2.50 bits per heavy atom. The Morgan fingerprint density at radius 1 is 1.40 bits per heavy atom. The first-order valence-corrected chi connectivity index (χ1v) is 6.47. The van der Waals surface area contributed by atoms with Gasteiger partial charge in [0, 0.05) is 13.0 Å². The summed E-state index contributed by atoms with van der Waals surface area (Å²) < 4.78 is 24.2. The second-order valence-corrected chi connectivity index (χ2v) is 5.60. The highest BCUT2D eigenvalue weighted by Crippen LogP contribution is 2.25. The molecule has 1 rings (SSSR count). The highest BCUT2D eigenvalue weighted by Gasteiger charge is 2.52. The van der Waals surface area contributed by atoms with Gasteiger partial charge in [-0.2, -0.15) is 0 Å². The molecule has 7 heteroatoms. The Hall–Kier alpha value is -1.66. The van der Waals surface area contributed by atoms with Crippen molar-refractivity contribution in [1.29, 1.82) is 0 Å². The van der Waals surface area contributed by atoms with E-state index in [4.69, 9.17) is 4.74 Å². The van der Waals surface area contributed by atoms with Crippen LogP contribution in [0.1, 0.15) is 34.1 Å². The normalized spacial score (nSPS) is 23.4. The van der Waals surface area contributed by atoms with E-state index >= 15 is 0 Å². The topological polar surface area (TPSA) is 72.9 Å². The second-order valence-electron chi connectivity index (χ2n) is 5.60. The van der Waals surface area contributed by atoms with Crippen molar-refractivity contribution in [3.8, 4) is 0 Å². The van der Waals surface area contributed by atoms with Crippen molar-refractivity contribution < 1.29 is 28.2 Å². The van der Waals surface area contributed by atoms with Gasteiger partial charge in [-0.3, -0.25) is 4.79 Å². The minimum absolute atomic E-state index is 0.0266. The maximum atomic E-state index is 14.5. The number of rotatable bonds is 2. The van der Waals surface area contributed by atoms with Gasteiger partial charge in [-0.1, -0.05) is 0 Å². The van der Waals surface area contributed by atoms with Gasteiger partial charge in [0.1, 0.15) is 5.60 Å². The third-order valence-electron chi connectivity index (χ3n) is 2.71. The number of ketones is 1. The fraction of sp³-hybridized carbons (Fsp3) is 0.769. The molecule has 1 unspecified atom stereocenters. The van der Waals surface area contributed by atoms with Crippen LogP contribution in [0.4, 0.5) is 9.18 Å². The Kier molecular flexibility index (Phi) is 4.73. The summed E-state index contributed by atoms with van der Waals surface area (Å²) in [5, 5.41) is 0. The third-order valence-corrected chi connectivity index (χ3v) is 2.71. The van der Waals surface area contributed by atoms with E-state index in [-0.39, 0.29) is 19.6 Å². The Bertz CT molecular complexity index is 417. The van der Waals surface area contributed by atoms with Crippen molar-refractivity contribution >= 4 is 17.8 Å². The molecule has 114 valence electrons. The number of piperidine rings is 1. The summed E-state index contributed by atoms with van der Waals surface area (Å²) in [5.41, 5.74) is -3.54. The van der Waals surface area contributed by atoms with Crippen molar-refractivity contribution in [2.45, 2.75) is 45.4 Å². The average molecular weight is 289 g/mol. The molecule has 0 saturated carbocycles. The van der Waals surface area contributed by atoms with Gasteiger partial charge in [0.2, 0.25) is 0 Å². The molecule has 0 N–H and O–H groups in total. The predicted molar refractivity (Wildman–Crippen MR) is 67.9 cm³/mol. The number of nitrogens with zero attached hydrogens (tertiary/aromatic N) is 1. The molecule has 0 spiro atoms. The third kappa shape index (κ3) is 3.68. The first-order valence-electron chi connectivity index (χ1n) is 6.47. The number of carbonyl (C=O) groups excluding carboxylic acids is 3. The summed E-state index contributed by atoms with van der Waals surface area (Å²) in [6, 6.07) is 0. The van der Waals surface area contributed by atoms with Crippen LogP contribution >= 0.6 is 0 Å². The molecular formula is C13H20FNO5. The molecule has 0 aromatic heterocycles. The van der Waals surface area contributed by atoms with Crippen LogP contribution in [-0.2, 0) is 19.1 Å². The molecular weight excluding hydrogens is 269 g/mol. The van der Waals surface area contributed by atoms with Crippen LogP contribution in [0, 0.1) is 0 Å². The zero-order chi connectivity index (χ0) is 15.6. The number of likely N-dealkylation sites (tertiary alicyclic amines) is 1. The highest BCUT2D eigenvalue weighted by molar-refractivity contribution is 6.08. The molecule has 1 atom stereocenters. The van der Waals surface area contributed by atoms with E-state index in [1.807, 2.05) is 0 Å². The van der Waals surface area contributed by atoms with E-state index in [1.165, 1.54) is 6.92 Å². The number of esters is 1. The van der Waals surface area contributed by atoms with Gasteiger partial charge in [-0.25, -0.2) is 14.0 Å². The lowest BCUT2D eigenvalue weighted by Crippen LogP contribution is -2.58. The minimum Gasteiger partial charge on any atom is -0.463 e. The van der Waals surface area contributed by atoms with E-state index in [0.717, 1.165) is 4.90 Å². The molecule has 1 amide bonds. The summed E-state index contributed by atoms with van der Waals surface area (Å²) in [4.78, 5) is 36.1. The van der Waals surface area contributed by atoms with Crippen molar-refractivity contribution in [1.82, 2.24) is 4.90 Å². The van der Waals surface area contributed by atoms with Crippen LogP contribution in [0.3, 0.4) is 0 Å². The van der Waals surface area contributed by atoms with Gasteiger partial charge in [0.25, 0.3) is 5.67 Å². The van der Waals surface area contributed by atoms with Gasteiger partial charge in [-0.05, 0) is 27.7 Å². The van der Waals surface area contributed by atoms with Gasteiger partial charge >= 0.3 is 12.1 Å². The molecule has 1 aliphatic rings. The number of carbonyl (C=O) groups is 3. The molecule has 0 radical (unpaired) electrons. The SMILES string of the molecule is CCOC(=O)C1(F)CN(C(=O)OC(C)(C)C)CCC1=O. The van der Waals surface area contributed by atoms with Crippen LogP contribution in [0.5, 0.6) is 0 Å². The van der Waals surface area contributed by atoms with E-state index in [1.54, 1.807) is 20.8 Å². The molecule has 1 saturated heterocycles. The van der Waals surface area contributed by atoms with Crippen molar-refractivity contribution in [2.24, 2.45) is 0 Å². The second kappa shape index (κ2) is 5.76. The Labute approximate surface area is 117 Å². The number of ether oxygens (including phenoxy) is 2. The number of hydrogen-bond acceptors (Lipinski definition) is 5. The molecule has 0 aromatic rings. The molecule has 6 nitrogen and oxygen atoms in total. The van der Waals surface area contributed by atoms with E-state index < -0.39 is 35.7 Å². The van der Waals surface area contributed by atoms with Gasteiger partial charge in [0.05, 0.1) is 13.2 Å². The van der Waals surface area contributed by atoms with E-state index in [2.05, 4.69) is 4.74 Å². The first-order chi connectivity index (χ1) is 9.10. The van der Waals surface area contributed by atoms with Crippen molar-refractivity contribution in [2.75, 3.05) is 19.7 Å². The highest BCUT2D eigenvalue weighted by atomic mass is 19.1. The quantitative estimate of drug-likeness (QED) is 0.568. The number of Topliss-reactive ketones (excluding diaryl/α,β-unsaturated/α-hetero) is 1. The number of hydrogen-bond donors (Lipinski definition) is 0. The zero-order valence-corrected chi connectivity index (χ0v) is 12.2. The van der Waals surface area contributed by atoms with Crippen LogP contribution in [0.15, 0.2) is 0 Å². The molecule has 1 fully saturated rings. The smallest absolute Gasteiger partial charge is 0.410 e. The van der Waals surface area contributed by atoms with E-state index in [0.29, 0.717) is 0 Å². The first kappa shape index (κ1) is 16.4. The van der Waals surface area contributed by atoms with Gasteiger partial charge < -0.3 is 14.4 Å². The predicted octanol–water partition coefficient (Wildman–Crippen LogP) is 1.47. The maximum absolute atomic E-state index is 14.5. The summed E-state index contributed by atoms with van der Waals surface area (Å²) in [7, 11) is 0. The monoisotopic (exact) mass is 289 g/mol. The standard InChI is InChI=1S/C13H20FNO5/c1-5-19-10(17)13(14)8-15(7-6-9(13)16)11(18)20-12(2,3)4/h5-8H2,1-4H3. The lowest BCUT2D eigenvalue weighted by Gasteiger charge is -2.35. The van der Waals surface area contributed by atoms with Gasteiger partial charge in [-0.15, -0.1) is 0 Å². The maximum Gasteiger partial charge on any atom is 0.410 e. The molecule has 0 bridgehead atoms. The fourth-order valence-corrected chi connectivity index (χ4v) is 1.77. The number of halogens is 1. The summed E-state index contributed by atoms with van der Waals surface area (Å²) in [5.74, 6) is -2.12. The Morgan fingerprint density at radius 2 is 2.00 bits per heavy atom. The average Bonchev–Trinajstić information content (AvgIpc) is 2.30. The summed E-state index contributed by atoms with van der Waals surface area (Å²) in [6.07, 6.45) is -0.995. The molecule has 0 aromatic carbocycles. The van der Waals surface area contributed by atoms with Crippen LogP contribution in [-0.4, -0.2) is 53.7 Å². The lowest BCUT2D eigenvalue weighted by molar-refractivity contribution is -0.165. The molecule has 1 aliphatic heterocycles.